The van der Waals surface area contributed by atoms with E-state index >= 15 is 0 Å². The van der Waals surface area contributed by atoms with Crippen LogP contribution in [-0.4, -0.2) is 22.0 Å². The Morgan fingerprint density at radius 2 is 1.77 bits per heavy atom. The van der Waals surface area contributed by atoms with Crippen LogP contribution in [0.5, 0.6) is 0 Å². The number of hydrogen-bond donors (Lipinski definition) is 3. The molecule has 22 heavy (non-hydrogen) atoms. The van der Waals surface area contributed by atoms with E-state index in [1.807, 2.05) is 25.1 Å². The summed E-state index contributed by atoms with van der Waals surface area (Å²) < 4.78 is 0. The maximum atomic E-state index is 11.5. The zero-order valence-electron chi connectivity index (χ0n) is 11.9. The van der Waals surface area contributed by atoms with Gasteiger partial charge in [0.05, 0.1) is 0 Å². The fourth-order valence-corrected chi connectivity index (χ4v) is 2.57. The Balaban J connectivity index is 2.26. The predicted molar refractivity (Wildman–Crippen MR) is 83.9 cm³/mol. The van der Waals surface area contributed by atoms with E-state index in [0.29, 0.717) is 11.1 Å². The van der Waals surface area contributed by atoms with Crippen molar-refractivity contribution in [2.24, 2.45) is 5.73 Å². The van der Waals surface area contributed by atoms with Crippen molar-refractivity contribution in [2.75, 3.05) is 0 Å². The number of aromatic carboxylic acids is 1. The topological polar surface area (TPSA) is 96.2 Å². The van der Waals surface area contributed by atoms with E-state index in [9.17, 15) is 14.7 Å². The SMILES string of the molecule is Cc1ccc2c(-c3ccc(C(N)=O)cc3)c(C(=O)O)[nH]c2c1. The van der Waals surface area contributed by atoms with Crippen molar-refractivity contribution in [1.82, 2.24) is 4.98 Å². The third kappa shape index (κ3) is 2.22. The van der Waals surface area contributed by atoms with E-state index in [4.69, 9.17) is 5.73 Å². The molecular weight excluding hydrogens is 280 g/mol. The number of aromatic amines is 1. The van der Waals surface area contributed by atoms with Crippen LogP contribution in [0.1, 0.15) is 26.4 Å². The number of nitrogens with two attached hydrogens (primary N) is 1. The zero-order chi connectivity index (χ0) is 15.9. The van der Waals surface area contributed by atoms with Crippen LogP contribution in [0.25, 0.3) is 22.0 Å². The molecule has 3 aromatic rings. The van der Waals surface area contributed by atoms with Crippen molar-refractivity contribution < 1.29 is 14.7 Å². The monoisotopic (exact) mass is 294 g/mol. The molecule has 4 N–H and O–H groups in total. The van der Waals surface area contributed by atoms with E-state index in [0.717, 1.165) is 22.0 Å². The average Bonchev–Trinajstić information content (AvgIpc) is 2.86. The van der Waals surface area contributed by atoms with Gasteiger partial charge in [0.15, 0.2) is 0 Å². The van der Waals surface area contributed by atoms with E-state index < -0.39 is 11.9 Å². The number of H-pyrrole nitrogens is 1. The quantitative estimate of drug-likeness (QED) is 0.693. The minimum absolute atomic E-state index is 0.132. The van der Waals surface area contributed by atoms with Gasteiger partial charge in [-0.15, -0.1) is 0 Å². The van der Waals surface area contributed by atoms with E-state index in [-0.39, 0.29) is 5.69 Å². The molecule has 0 saturated carbocycles. The van der Waals surface area contributed by atoms with E-state index in [1.54, 1.807) is 24.3 Å². The maximum Gasteiger partial charge on any atom is 0.352 e. The maximum absolute atomic E-state index is 11.5. The standard InChI is InChI=1S/C17H14N2O3/c1-9-2-7-12-13(8-9)19-15(17(21)22)14(12)10-3-5-11(6-4-10)16(18)20/h2-8,19H,1H3,(H2,18,20)(H,21,22). The third-order valence-electron chi connectivity index (χ3n) is 3.63. The van der Waals surface area contributed by atoms with Crippen molar-refractivity contribution in [2.45, 2.75) is 6.92 Å². The highest BCUT2D eigenvalue weighted by molar-refractivity contribution is 6.07. The highest BCUT2D eigenvalue weighted by Crippen LogP contribution is 2.33. The molecule has 0 fully saturated rings. The first-order valence-corrected chi connectivity index (χ1v) is 6.73. The van der Waals surface area contributed by atoms with Crippen LogP contribution >= 0.6 is 0 Å². The summed E-state index contributed by atoms with van der Waals surface area (Å²) in [6, 6.07) is 12.3. The van der Waals surface area contributed by atoms with Gasteiger partial charge >= 0.3 is 5.97 Å². The smallest absolute Gasteiger partial charge is 0.352 e. The lowest BCUT2D eigenvalue weighted by Crippen LogP contribution is -2.10. The van der Waals surface area contributed by atoms with E-state index in [2.05, 4.69) is 4.98 Å². The third-order valence-corrected chi connectivity index (χ3v) is 3.63. The molecule has 0 saturated heterocycles. The molecule has 110 valence electrons. The Morgan fingerprint density at radius 1 is 1.09 bits per heavy atom. The van der Waals surface area contributed by atoms with Crippen LogP contribution in [0.15, 0.2) is 42.5 Å². The number of aromatic nitrogens is 1. The van der Waals surface area contributed by atoms with Crippen LogP contribution < -0.4 is 5.73 Å². The number of carboxylic acids is 1. The molecular formula is C17H14N2O3. The predicted octanol–water partition coefficient (Wildman–Crippen LogP) is 2.94. The molecule has 0 aliphatic carbocycles. The lowest BCUT2D eigenvalue weighted by atomic mass is 10.00. The Bertz CT molecular complexity index is 892. The van der Waals surface area contributed by atoms with Crippen molar-refractivity contribution >= 4 is 22.8 Å². The molecule has 5 nitrogen and oxygen atoms in total. The zero-order valence-corrected chi connectivity index (χ0v) is 11.9. The molecule has 1 aromatic heterocycles. The molecule has 0 atom stereocenters. The first-order chi connectivity index (χ1) is 10.5. The molecule has 1 amide bonds. The average molecular weight is 294 g/mol. The molecule has 0 aliphatic rings. The first kappa shape index (κ1) is 13.9. The number of benzene rings is 2. The summed E-state index contributed by atoms with van der Waals surface area (Å²) in [4.78, 5) is 25.6. The van der Waals surface area contributed by atoms with Gasteiger partial charge in [-0.2, -0.15) is 0 Å². The molecule has 0 radical (unpaired) electrons. The van der Waals surface area contributed by atoms with Crippen molar-refractivity contribution in [3.8, 4) is 11.1 Å². The van der Waals surface area contributed by atoms with Gasteiger partial charge in [-0.05, 0) is 36.2 Å². The van der Waals surface area contributed by atoms with Gasteiger partial charge < -0.3 is 15.8 Å². The summed E-state index contributed by atoms with van der Waals surface area (Å²) >= 11 is 0. The van der Waals surface area contributed by atoms with Crippen LogP contribution in [0.2, 0.25) is 0 Å². The minimum atomic E-state index is -1.03. The summed E-state index contributed by atoms with van der Waals surface area (Å²) in [6.07, 6.45) is 0. The number of carbonyl (C=O) groups is 2. The number of amides is 1. The molecule has 0 unspecified atom stereocenters. The molecule has 0 bridgehead atoms. The number of carboxylic acid groups (broad SMARTS) is 1. The van der Waals surface area contributed by atoms with Crippen LogP contribution in [0, 0.1) is 6.92 Å². The normalized spacial score (nSPS) is 10.8. The number of carbonyl (C=O) groups excluding carboxylic acids is 1. The highest BCUT2D eigenvalue weighted by Gasteiger charge is 2.18. The van der Waals surface area contributed by atoms with Gasteiger partial charge in [-0.25, -0.2) is 4.79 Å². The second kappa shape index (κ2) is 5.04. The molecule has 0 aliphatic heterocycles. The van der Waals surface area contributed by atoms with Crippen molar-refractivity contribution in [1.29, 1.82) is 0 Å². The summed E-state index contributed by atoms with van der Waals surface area (Å²) in [5.74, 6) is -1.54. The number of fused-ring (bicyclic) bond motifs is 1. The molecule has 2 aromatic carbocycles. The lowest BCUT2D eigenvalue weighted by Gasteiger charge is -2.03. The molecule has 5 heteroatoms. The van der Waals surface area contributed by atoms with Gasteiger partial charge in [0.25, 0.3) is 0 Å². The summed E-state index contributed by atoms with van der Waals surface area (Å²) in [6.45, 7) is 1.95. The van der Waals surface area contributed by atoms with Gasteiger partial charge in [-0.3, -0.25) is 4.79 Å². The number of rotatable bonds is 3. The Hall–Kier alpha value is -3.08. The second-order valence-corrected chi connectivity index (χ2v) is 5.17. The number of nitrogens with one attached hydrogen (secondary N) is 1. The number of hydrogen-bond acceptors (Lipinski definition) is 2. The Morgan fingerprint density at radius 3 is 2.36 bits per heavy atom. The highest BCUT2D eigenvalue weighted by atomic mass is 16.4. The van der Waals surface area contributed by atoms with Gasteiger partial charge in [0.2, 0.25) is 5.91 Å². The fraction of sp³-hybridized carbons (Fsp3) is 0.0588. The van der Waals surface area contributed by atoms with Gasteiger partial charge in [-0.1, -0.05) is 24.3 Å². The van der Waals surface area contributed by atoms with Crippen LogP contribution in [0.3, 0.4) is 0 Å². The number of primary amides is 1. The van der Waals surface area contributed by atoms with Gasteiger partial charge in [0.1, 0.15) is 5.69 Å². The lowest BCUT2D eigenvalue weighted by molar-refractivity contribution is 0.0692. The summed E-state index contributed by atoms with van der Waals surface area (Å²) in [5.41, 5.74) is 8.89. The summed E-state index contributed by atoms with van der Waals surface area (Å²) in [7, 11) is 0. The number of aryl methyl sites for hydroxylation is 1. The van der Waals surface area contributed by atoms with Crippen LogP contribution in [0.4, 0.5) is 0 Å². The summed E-state index contributed by atoms with van der Waals surface area (Å²) in [5, 5.41) is 10.3. The Kier molecular flexibility index (Phi) is 3.18. The fourth-order valence-electron chi connectivity index (χ4n) is 2.57. The minimum Gasteiger partial charge on any atom is -0.477 e. The van der Waals surface area contributed by atoms with Crippen molar-refractivity contribution in [3.63, 3.8) is 0 Å². The molecule has 0 spiro atoms. The first-order valence-electron chi connectivity index (χ1n) is 6.73. The Labute approximate surface area is 126 Å². The van der Waals surface area contributed by atoms with Gasteiger partial charge in [0, 0.05) is 22.0 Å². The van der Waals surface area contributed by atoms with Crippen LogP contribution in [-0.2, 0) is 0 Å². The largest absolute Gasteiger partial charge is 0.477 e. The second-order valence-electron chi connectivity index (χ2n) is 5.17. The van der Waals surface area contributed by atoms with Crippen molar-refractivity contribution in [3.05, 3.63) is 59.3 Å². The molecule has 3 rings (SSSR count). The molecule has 1 heterocycles. The van der Waals surface area contributed by atoms with E-state index in [1.165, 1.54) is 0 Å².